The van der Waals surface area contributed by atoms with Crippen molar-refractivity contribution < 1.29 is 34.3 Å². The van der Waals surface area contributed by atoms with Gasteiger partial charge in [0.2, 0.25) is 0 Å². The predicted octanol–water partition coefficient (Wildman–Crippen LogP) is 1.39. The van der Waals surface area contributed by atoms with Crippen LogP contribution in [0.25, 0.3) is 22.2 Å². The standard InChI is InChI=1S/C29H30N4O8/c34-13-23-24(35)25(36)27(41-23)33-12-16-11-17(31-26(16)32-28(33)37)14-39-10-9-30-29(38)40-15-22-20-7-3-1-5-18(20)19-6-2-4-8-21(19)22/h1-8,11-12,22-25,27,34-36H,9-10,13-15H2,(H,30,38)(H,31,32,37)/t23-,24-,25-,27+/m1/s1. The van der Waals surface area contributed by atoms with Gasteiger partial charge in [0.1, 0.15) is 30.6 Å². The second-order valence-electron chi connectivity index (χ2n) is 10.1. The van der Waals surface area contributed by atoms with E-state index in [9.17, 15) is 24.9 Å². The summed E-state index contributed by atoms with van der Waals surface area (Å²) in [6, 6.07) is 18.0. The minimum absolute atomic E-state index is 0.0157. The zero-order valence-electron chi connectivity index (χ0n) is 22.0. The first-order valence-electron chi connectivity index (χ1n) is 13.3. The largest absolute Gasteiger partial charge is 0.449 e. The maximum atomic E-state index is 12.5. The number of fused-ring (bicyclic) bond motifs is 4. The van der Waals surface area contributed by atoms with Gasteiger partial charge in [-0.3, -0.25) is 4.57 Å². The number of aliphatic hydroxyl groups excluding tert-OH is 3. The van der Waals surface area contributed by atoms with Gasteiger partial charge in [-0.25, -0.2) is 9.59 Å². The molecule has 4 aromatic rings. The highest BCUT2D eigenvalue weighted by molar-refractivity contribution is 5.79. The van der Waals surface area contributed by atoms with Gasteiger partial charge in [-0.05, 0) is 28.3 Å². The number of nitrogens with zero attached hydrogens (tertiary/aromatic N) is 2. The van der Waals surface area contributed by atoms with Gasteiger partial charge in [0.05, 0.1) is 19.8 Å². The van der Waals surface area contributed by atoms with Gasteiger partial charge in [0, 0.05) is 29.7 Å². The highest BCUT2D eigenvalue weighted by Gasteiger charge is 2.43. The van der Waals surface area contributed by atoms with E-state index in [2.05, 4.69) is 39.6 Å². The van der Waals surface area contributed by atoms with Crippen molar-refractivity contribution in [3.05, 3.63) is 88.1 Å². The molecule has 41 heavy (non-hydrogen) atoms. The fourth-order valence-electron chi connectivity index (χ4n) is 5.49. The molecule has 1 amide bonds. The van der Waals surface area contributed by atoms with Crippen molar-refractivity contribution in [1.82, 2.24) is 19.9 Å². The molecule has 0 radical (unpaired) electrons. The number of benzene rings is 2. The lowest BCUT2D eigenvalue weighted by atomic mass is 9.98. The number of hydrogen-bond acceptors (Lipinski definition) is 9. The fourth-order valence-corrected chi connectivity index (χ4v) is 5.49. The molecule has 1 aliphatic heterocycles. The predicted molar refractivity (Wildman–Crippen MR) is 146 cm³/mol. The molecule has 1 saturated heterocycles. The van der Waals surface area contributed by atoms with Gasteiger partial charge in [0.15, 0.2) is 6.23 Å². The van der Waals surface area contributed by atoms with Crippen molar-refractivity contribution in [1.29, 1.82) is 0 Å². The van der Waals surface area contributed by atoms with Gasteiger partial charge in [-0.2, -0.15) is 4.98 Å². The van der Waals surface area contributed by atoms with Gasteiger partial charge in [-0.15, -0.1) is 0 Å². The molecular weight excluding hydrogens is 532 g/mol. The molecule has 0 saturated carbocycles. The molecule has 1 aliphatic carbocycles. The average Bonchev–Trinajstić information content (AvgIpc) is 3.62. The van der Waals surface area contributed by atoms with Crippen LogP contribution in [0.3, 0.4) is 0 Å². The molecular formula is C29H30N4O8. The summed E-state index contributed by atoms with van der Waals surface area (Å²) in [4.78, 5) is 31.8. The number of amides is 1. The van der Waals surface area contributed by atoms with Crippen LogP contribution in [0.15, 0.2) is 65.6 Å². The van der Waals surface area contributed by atoms with Crippen LogP contribution in [0.1, 0.15) is 29.0 Å². The summed E-state index contributed by atoms with van der Waals surface area (Å²) in [5, 5.41) is 32.8. The van der Waals surface area contributed by atoms with E-state index in [1.54, 1.807) is 6.07 Å². The Kier molecular flexibility index (Phi) is 7.56. The van der Waals surface area contributed by atoms with E-state index in [1.165, 1.54) is 6.20 Å². The SMILES string of the molecule is O=C(NCCOCc1cc2cn([C@H]3O[C@H](CO)[C@@H](O)[C@H]3O)c(=O)nc2[nH]1)OCC1c2ccccc2-c2ccccc21. The van der Waals surface area contributed by atoms with Crippen molar-refractivity contribution in [2.75, 3.05) is 26.4 Å². The molecule has 5 N–H and O–H groups in total. The smallest absolute Gasteiger partial charge is 0.407 e. The fraction of sp³-hybridized carbons (Fsp3) is 0.345. The van der Waals surface area contributed by atoms with E-state index < -0.39 is 42.9 Å². The summed E-state index contributed by atoms with van der Waals surface area (Å²) in [5.74, 6) is -0.0157. The van der Waals surface area contributed by atoms with E-state index in [0.29, 0.717) is 16.7 Å². The zero-order chi connectivity index (χ0) is 28.5. The van der Waals surface area contributed by atoms with Crippen LogP contribution in [0, 0.1) is 0 Å². The first-order chi connectivity index (χ1) is 19.9. The van der Waals surface area contributed by atoms with Crippen LogP contribution in [0.5, 0.6) is 0 Å². The molecule has 6 rings (SSSR count). The molecule has 0 unspecified atom stereocenters. The molecule has 4 atom stereocenters. The second kappa shape index (κ2) is 11.4. The maximum Gasteiger partial charge on any atom is 0.407 e. The van der Waals surface area contributed by atoms with Gasteiger partial charge in [0.25, 0.3) is 0 Å². The summed E-state index contributed by atoms with van der Waals surface area (Å²) in [7, 11) is 0. The lowest BCUT2D eigenvalue weighted by Crippen LogP contribution is -2.35. The second-order valence-corrected chi connectivity index (χ2v) is 10.1. The minimum atomic E-state index is -1.39. The molecule has 3 heterocycles. The number of aromatic nitrogens is 3. The Hall–Kier alpha value is -4.07. The zero-order valence-corrected chi connectivity index (χ0v) is 22.0. The van der Waals surface area contributed by atoms with E-state index in [1.807, 2.05) is 24.3 Å². The molecule has 12 heteroatoms. The number of H-pyrrole nitrogens is 1. The van der Waals surface area contributed by atoms with Crippen molar-refractivity contribution in [3.63, 3.8) is 0 Å². The highest BCUT2D eigenvalue weighted by Crippen LogP contribution is 2.44. The molecule has 214 valence electrons. The Morgan fingerprint density at radius 2 is 1.78 bits per heavy atom. The summed E-state index contributed by atoms with van der Waals surface area (Å²) in [5.41, 5.74) is 4.90. The number of carbonyl (C=O) groups is 1. The van der Waals surface area contributed by atoms with E-state index in [0.717, 1.165) is 26.8 Å². The maximum absolute atomic E-state index is 12.5. The first kappa shape index (κ1) is 27.1. The number of aromatic amines is 1. The first-order valence-corrected chi connectivity index (χ1v) is 13.3. The van der Waals surface area contributed by atoms with Crippen LogP contribution < -0.4 is 11.0 Å². The van der Waals surface area contributed by atoms with Gasteiger partial charge >= 0.3 is 11.8 Å². The third-order valence-electron chi connectivity index (χ3n) is 7.50. The topological polar surface area (TPSA) is 168 Å². The van der Waals surface area contributed by atoms with E-state index in [4.69, 9.17) is 14.2 Å². The summed E-state index contributed by atoms with van der Waals surface area (Å²) < 4.78 is 17.7. The number of nitrogens with one attached hydrogen (secondary N) is 2. The Labute approximate surface area is 234 Å². The Balaban J connectivity index is 0.985. The van der Waals surface area contributed by atoms with Crippen LogP contribution in [-0.4, -0.2) is 80.6 Å². The normalized spacial score (nSPS) is 21.6. The number of rotatable bonds is 9. The molecule has 2 aromatic carbocycles. The molecule has 0 spiro atoms. The Bertz CT molecular complexity index is 1570. The number of carbonyl (C=O) groups excluding carboxylic acids is 1. The highest BCUT2D eigenvalue weighted by atomic mass is 16.6. The molecule has 1 fully saturated rings. The van der Waals surface area contributed by atoms with Gasteiger partial charge < -0.3 is 39.8 Å². The molecule has 2 aromatic heterocycles. The molecule has 12 nitrogen and oxygen atoms in total. The van der Waals surface area contributed by atoms with Crippen molar-refractivity contribution in [3.8, 4) is 11.1 Å². The third kappa shape index (κ3) is 5.23. The minimum Gasteiger partial charge on any atom is -0.449 e. The van der Waals surface area contributed by atoms with Crippen LogP contribution >= 0.6 is 0 Å². The van der Waals surface area contributed by atoms with Crippen LogP contribution in [-0.2, 0) is 20.8 Å². The van der Waals surface area contributed by atoms with Crippen LogP contribution in [0.4, 0.5) is 4.79 Å². The van der Waals surface area contributed by atoms with E-state index in [-0.39, 0.29) is 32.3 Å². The van der Waals surface area contributed by atoms with E-state index >= 15 is 0 Å². The van der Waals surface area contributed by atoms with Crippen molar-refractivity contribution in [2.45, 2.75) is 37.1 Å². The third-order valence-corrected chi connectivity index (χ3v) is 7.50. The molecule has 2 aliphatic rings. The lowest BCUT2D eigenvalue weighted by Gasteiger charge is -2.16. The summed E-state index contributed by atoms with van der Waals surface area (Å²) in [6.45, 7) is 0.367. The average molecular weight is 563 g/mol. The van der Waals surface area contributed by atoms with Gasteiger partial charge in [-0.1, -0.05) is 48.5 Å². The lowest BCUT2D eigenvalue weighted by molar-refractivity contribution is -0.0547. The quantitative estimate of drug-likeness (QED) is 0.189. The monoisotopic (exact) mass is 562 g/mol. The van der Waals surface area contributed by atoms with Crippen LogP contribution in [0.2, 0.25) is 0 Å². The van der Waals surface area contributed by atoms with Crippen molar-refractivity contribution >= 4 is 17.1 Å². The Morgan fingerprint density at radius 1 is 1.07 bits per heavy atom. The number of hydrogen-bond donors (Lipinski definition) is 5. The molecule has 0 bridgehead atoms. The number of ether oxygens (including phenoxy) is 3. The number of aliphatic hydroxyl groups is 3. The summed E-state index contributed by atoms with van der Waals surface area (Å²) in [6.07, 6.45) is -3.97. The number of alkyl carbamates (subject to hydrolysis) is 1. The Morgan fingerprint density at radius 3 is 2.46 bits per heavy atom. The summed E-state index contributed by atoms with van der Waals surface area (Å²) >= 11 is 0. The van der Waals surface area contributed by atoms with Crippen molar-refractivity contribution in [2.24, 2.45) is 0 Å².